The van der Waals surface area contributed by atoms with Crippen LogP contribution >= 0.6 is 0 Å². The van der Waals surface area contributed by atoms with Crippen LogP contribution in [-0.2, 0) is 0 Å². The van der Waals surface area contributed by atoms with Gasteiger partial charge in [0.1, 0.15) is 5.82 Å². The highest BCUT2D eigenvalue weighted by Gasteiger charge is 2.15. The lowest BCUT2D eigenvalue weighted by atomic mass is 10.1. The average Bonchev–Trinajstić information content (AvgIpc) is 3.04. The Labute approximate surface area is 142 Å². The van der Waals surface area contributed by atoms with Gasteiger partial charge in [0.25, 0.3) is 5.91 Å². The molecule has 0 amide bonds. The number of hydrogen-bond donors (Lipinski definition) is 2. The van der Waals surface area contributed by atoms with Crippen LogP contribution in [0.3, 0.4) is 0 Å². The minimum Gasteiger partial charge on any atom is -0.383 e. The smallest absolute Gasteiger partial charge is 0.262 e. The highest BCUT2D eigenvalue weighted by molar-refractivity contribution is 6.13. The van der Waals surface area contributed by atoms with E-state index in [-0.39, 0.29) is 17.7 Å². The van der Waals surface area contributed by atoms with Crippen molar-refractivity contribution in [2.75, 3.05) is 11.5 Å². The zero-order valence-corrected chi connectivity index (χ0v) is 13.0. The summed E-state index contributed by atoms with van der Waals surface area (Å²) in [6.45, 7) is 0. The molecule has 7 nitrogen and oxygen atoms in total. The maximum atomic E-state index is 12.8. The highest BCUT2D eigenvalue weighted by atomic mass is 16.2. The van der Waals surface area contributed by atoms with Gasteiger partial charge in [-0.25, -0.2) is 4.98 Å². The molecule has 120 valence electrons. The van der Waals surface area contributed by atoms with E-state index in [1.165, 1.54) is 4.57 Å². The summed E-state index contributed by atoms with van der Waals surface area (Å²) in [5.74, 6) is 0.183. The molecule has 0 radical (unpaired) electrons. The molecule has 0 aliphatic heterocycles. The molecule has 4 rings (SSSR count). The van der Waals surface area contributed by atoms with Gasteiger partial charge in [-0.3, -0.25) is 9.36 Å². The highest BCUT2D eigenvalue weighted by Crippen LogP contribution is 2.29. The number of carbonyl (C=O) groups is 1. The van der Waals surface area contributed by atoms with E-state index in [9.17, 15) is 4.79 Å². The number of nitriles is 1. The van der Waals surface area contributed by atoms with E-state index < -0.39 is 0 Å². The molecule has 0 spiro atoms. The van der Waals surface area contributed by atoms with Crippen molar-refractivity contribution in [1.29, 1.82) is 5.26 Å². The van der Waals surface area contributed by atoms with Gasteiger partial charge in [0.2, 0.25) is 5.95 Å². The fourth-order valence-corrected chi connectivity index (χ4v) is 2.90. The summed E-state index contributed by atoms with van der Waals surface area (Å²) in [4.78, 5) is 21.0. The molecule has 4 aromatic rings. The summed E-state index contributed by atoms with van der Waals surface area (Å²) in [5, 5.41) is 10.3. The van der Waals surface area contributed by atoms with Crippen molar-refractivity contribution >= 4 is 39.5 Å². The van der Waals surface area contributed by atoms with Crippen molar-refractivity contribution < 1.29 is 4.79 Å². The predicted molar refractivity (Wildman–Crippen MR) is 94.7 cm³/mol. The van der Waals surface area contributed by atoms with Gasteiger partial charge in [0, 0.05) is 17.1 Å². The molecule has 0 unspecified atom stereocenters. The standard InChI is InChI=1S/C18H12N6O/c19-9-10-1-3-11(4-2-10)17(25)24-8-7-12-14(24)6-5-13-15(12)16(20)23-18(21)22-13/h1-8H,(H4,20,21,22,23). The first-order valence-electron chi connectivity index (χ1n) is 7.46. The molecule has 0 saturated heterocycles. The van der Waals surface area contributed by atoms with Gasteiger partial charge in [0.15, 0.2) is 0 Å². The van der Waals surface area contributed by atoms with Gasteiger partial charge in [-0.05, 0) is 42.5 Å². The minimum atomic E-state index is -0.200. The molecule has 0 fully saturated rings. The van der Waals surface area contributed by atoms with Crippen LogP contribution in [0, 0.1) is 11.3 Å². The van der Waals surface area contributed by atoms with Crippen LogP contribution in [0.15, 0.2) is 48.7 Å². The number of benzene rings is 2. The van der Waals surface area contributed by atoms with Gasteiger partial charge in [0.05, 0.1) is 28.1 Å². The minimum absolute atomic E-state index is 0.109. The maximum absolute atomic E-state index is 12.8. The number of nitrogens with zero attached hydrogens (tertiary/aromatic N) is 4. The lowest BCUT2D eigenvalue weighted by Gasteiger charge is -2.07. The zero-order chi connectivity index (χ0) is 17.6. The Morgan fingerprint density at radius 2 is 1.80 bits per heavy atom. The lowest BCUT2D eigenvalue weighted by Crippen LogP contribution is -2.10. The summed E-state index contributed by atoms with van der Waals surface area (Å²) in [5.41, 5.74) is 13.9. The third-order valence-corrected chi connectivity index (χ3v) is 4.06. The zero-order valence-electron chi connectivity index (χ0n) is 13.0. The normalized spacial score (nSPS) is 10.8. The van der Waals surface area contributed by atoms with Crippen LogP contribution in [0.1, 0.15) is 15.9 Å². The second kappa shape index (κ2) is 5.32. The summed E-state index contributed by atoms with van der Waals surface area (Å²) < 4.78 is 1.53. The third-order valence-electron chi connectivity index (χ3n) is 4.06. The number of aromatic nitrogens is 3. The Balaban J connectivity index is 1.90. The number of anilines is 2. The molecule has 4 N–H and O–H groups in total. The molecule has 0 atom stereocenters. The van der Waals surface area contributed by atoms with Crippen molar-refractivity contribution in [3.05, 3.63) is 59.8 Å². The number of nitrogen functional groups attached to an aromatic ring is 2. The number of rotatable bonds is 1. The molecule has 2 heterocycles. The Morgan fingerprint density at radius 3 is 2.52 bits per heavy atom. The maximum Gasteiger partial charge on any atom is 0.262 e. The monoisotopic (exact) mass is 328 g/mol. The molecule has 0 aliphatic rings. The third kappa shape index (κ3) is 2.24. The van der Waals surface area contributed by atoms with Crippen molar-refractivity contribution in [3.8, 4) is 6.07 Å². The summed E-state index contributed by atoms with van der Waals surface area (Å²) in [6.07, 6.45) is 1.68. The van der Waals surface area contributed by atoms with Crippen LogP contribution in [-0.4, -0.2) is 20.4 Å². The second-order valence-corrected chi connectivity index (χ2v) is 5.54. The van der Waals surface area contributed by atoms with Crippen molar-refractivity contribution in [3.63, 3.8) is 0 Å². The average molecular weight is 328 g/mol. The first kappa shape index (κ1) is 14.7. The second-order valence-electron chi connectivity index (χ2n) is 5.54. The van der Waals surface area contributed by atoms with Crippen molar-refractivity contribution in [1.82, 2.24) is 14.5 Å². The Hall–Kier alpha value is -3.92. The van der Waals surface area contributed by atoms with E-state index in [1.807, 2.05) is 6.07 Å². The van der Waals surface area contributed by atoms with Gasteiger partial charge >= 0.3 is 0 Å². The van der Waals surface area contributed by atoms with Crippen LogP contribution in [0.25, 0.3) is 21.8 Å². The van der Waals surface area contributed by atoms with E-state index in [0.29, 0.717) is 27.5 Å². The number of hydrogen-bond acceptors (Lipinski definition) is 6. The summed E-state index contributed by atoms with van der Waals surface area (Å²) in [6, 6.07) is 13.9. The number of nitrogens with two attached hydrogens (primary N) is 2. The van der Waals surface area contributed by atoms with Crippen LogP contribution < -0.4 is 11.5 Å². The molecular formula is C18H12N6O. The van der Waals surface area contributed by atoms with Crippen molar-refractivity contribution in [2.45, 2.75) is 0 Å². The first-order chi connectivity index (χ1) is 12.1. The van der Waals surface area contributed by atoms with E-state index in [4.69, 9.17) is 16.7 Å². The Bertz CT molecular complexity index is 1180. The van der Waals surface area contributed by atoms with Gasteiger partial charge in [-0.2, -0.15) is 10.2 Å². The van der Waals surface area contributed by atoms with Crippen molar-refractivity contribution in [2.24, 2.45) is 0 Å². The molecule has 2 aromatic heterocycles. The fourth-order valence-electron chi connectivity index (χ4n) is 2.90. The Kier molecular flexibility index (Phi) is 3.12. The first-order valence-corrected chi connectivity index (χ1v) is 7.46. The topological polar surface area (TPSA) is 124 Å². The molecule has 0 saturated carbocycles. The van der Waals surface area contributed by atoms with Crippen LogP contribution in [0.5, 0.6) is 0 Å². The molecule has 25 heavy (non-hydrogen) atoms. The molecule has 0 aliphatic carbocycles. The summed E-state index contributed by atoms with van der Waals surface area (Å²) in [7, 11) is 0. The molecular weight excluding hydrogens is 316 g/mol. The quantitative estimate of drug-likeness (QED) is 0.552. The molecule has 7 heteroatoms. The van der Waals surface area contributed by atoms with Gasteiger partial charge < -0.3 is 11.5 Å². The predicted octanol–water partition coefficient (Wildman–Crippen LogP) is 2.31. The number of carbonyl (C=O) groups excluding carboxylic acids is 1. The SMILES string of the molecule is N#Cc1ccc(C(=O)n2ccc3c4c(N)nc(N)nc4ccc32)cc1. The van der Waals surface area contributed by atoms with E-state index in [0.717, 1.165) is 5.39 Å². The number of fused-ring (bicyclic) bond motifs is 3. The van der Waals surface area contributed by atoms with E-state index in [2.05, 4.69) is 9.97 Å². The van der Waals surface area contributed by atoms with Gasteiger partial charge in [-0.15, -0.1) is 0 Å². The lowest BCUT2D eigenvalue weighted by molar-refractivity contribution is 0.0965. The largest absolute Gasteiger partial charge is 0.383 e. The van der Waals surface area contributed by atoms with Gasteiger partial charge in [-0.1, -0.05) is 0 Å². The van der Waals surface area contributed by atoms with Crippen LogP contribution in [0.4, 0.5) is 11.8 Å². The van der Waals surface area contributed by atoms with E-state index >= 15 is 0 Å². The molecule has 0 bridgehead atoms. The molecule has 2 aromatic carbocycles. The Morgan fingerprint density at radius 1 is 1.04 bits per heavy atom. The van der Waals surface area contributed by atoms with Crippen LogP contribution in [0.2, 0.25) is 0 Å². The summed E-state index contributed by atoms with van der Waals surface area (Å²) >= 11 is 0. The van der Waals surface area contributed by atoms with E-state index in [1.54, 1.807) is 48.7 Å². The fraction of sp³-hybridized carbons (Fsp3) is 0.